The summed E-state index contributed by atoms with van der Waals surface area (Å²) in [5.74, 6) is -0.463. The third-order valence-corrected chi connectivity index (χ3v) is 3.75. The Morgan fingerprint density at radius 1 is 0.929 bits per heavy atom. The third kappa shape index (κ3) is 4.17. The van der Waals surface area contributed by atoms with Crippen LogP contribution in [0, 0.1) is 0 Å². The topological polar surface area (TPSA) is 103 Å². The Kier molecular flexibility index (Phi) is 6.01. The van der Waals surface area contributed by atoms with Crippen molar-refractivity contribution in [2.75, 3.05) is 13.2 Å². The first kappa shape index (κ1) is 19.1. The predicted octanol–water partition coefficient (Wildman–Crippen LogP) is 3.27. The molecule has 0 unspecified atom stereocenters. The Bertz CT molecular complexity index is 969. The maximum atomic E-state index is 12.3. The van der Waals surface area contributed by atoms with Gasteiger partial charge >= 0.3 is 11.9 Å². The van der Waals surface area contributed by atoms with Crippen molar-refractivity contribution < 1.29 is 23.8 Å². The molecule has 0 amide bonds. The maximum absolute atomic E-state index is 12.3. The molecular formula is C20H19N3O5. The summed E-state index contributed by atoms with van der Waals surface area (Å²) in [6, 6.07) is 13.5. The maximum Gasteiger partial charge on any atom is 0.361 e. The molecule has 0 saturated heterocycles. The van der Waals surface area contributed by atoms with Gasteiger partial charge in [0, 0.05) is 5.56 Å². The van der Waals surface area contributed by atoms with E-state index in [2.05, 4.69) is 15.4 Å². The largest absolute Gasteiger partial charge is 0.490 e. The molecule has 144 valence electrons. The van der Waals surface area contributed by atoms with Gasteiger partial charge in [-0.3, -0.25) is 0 Å². The second-order valence-corrected chi connectivity index (χ2v) is 5.59. The van der Waals surface area contributed by atoms with Gasteiger partial charge in [0.25, 0.3) is 0 Å². The molecule has 2 aromatic carbocycles. The van der Waals surface area contributed by atoms with Crippen molar-refractivity contribution >= 4 is 11.9 Å². The number of hydrogen-bond acceptors (Lipinski definition) is 7. The van der Waals surface area contributed by atoms with Gasteiger partial charge in [-0.25, -0.2) is 9.59 Å². The lowest BCUT2D eigenvalue weighted by Gasteiger charge is -2.12. The van der Waals surface area contributed by atoms with Gasteiger partial charge in [0.2, 0.25) is 0 Å². The lowest BCUT2D eigenvalue weighted by atomic mass is 10.1. The number of carbonyl (C=O) groups excluding carboxylic acids is 2. The normalized spacial score (nSPS) is 10.4. The van der Waals surface area contributed by atoms with E-state index in [1.54, 1.807) is 49.4 Å². The fourth-order valence-corrected chi connectivity index (χ4v) is 2.51. The van der Waals surface area contributed by atoms with Gasteiger partial charge in [-0.05, 0) is 44.2 Å². The van der Waals surface area contributed by atoms with Crippen LogP contribution in [0.4, 0.5) is 0 Å². The second kappa shape index (κ2) is 8.81. The molecule has 8 heteroatoms. The molecule has 1 N–H and O–H groups in total. The molecule has 0 aliphatic carbocycles. The van der Waals surface area contributed by atoms with E-state index in [4.69, 9.17) is 14.2 Å². The summed E-state index contributed by atoms with van der Waals surface area (Å²) in [4.78, 5) is 24.4. The summed E-state index contributed by atoms with van der Waals surface area (Å²) in [5.41, 5.74) is 1.38. The molecule has 0 fully saturated rings. The molecule has 3 aromatic rings. The van der Waals surface area contributed by atoms with Crippen LogP contribution in [0.15, 0.2) is 48.5 Å². The average molecular weight is 381 g/mol. The van der Waals surface area contributed by atoms with Crippen LogP contribution in [0.2, 0.25) is 0 Å². The van der Waals surface area contributed by atoms with Crippen LogP contribution in [0.25, 0.3) is 11.3 Å². The average Bonchev–Trinajstić information content (AvgIpc) is 3.20. The standard InChI is InChI=1S/C20H19N3O5/c1-3-26-16-12-14(17-18(22-23-21-17)20(25)27-4-2)10-11-15(16)28-19(24)13-8-6-5-7-9-13/h5-12H,3-4H2,1-2H3,(H,21,22,23). The molecule has 0 aliphatic heterocycles. The monoisotopic (exact) mass is 381 g/mol. The van der Waals surface area contributed by atoms with E-state index >= 15 is 0 Å². The van der Waals surface area contributed by atoms with Crippen molar-refractivity contribution in [3.8, 4) is 22.8 Å². The summed E-state index contributed by atoms with van der Waals surface area (Å²) in [6.07, 6.45) is 0. The summed E-state index contributed by atoms with van der Waals surface area (Å²) >= 11 is 0. The van der Waals surface area contributed by atoms with Crippen molar-refractivity contribution in [1.82, 2.24) is 15.4 Å². The number of nitrogens with zero attached hydrogens (tertiary/aromatic N) is 2. The first-order chi connectivity index (χ1) is 13.6. The lowest BCUT2D eigenvalue weighted by Crippen LogP contribution is -2.10. The number of nitrogens with one attached hydrogen (secondary N) is 1. The van der Waals surface area contributed by atoms with E-state index in [9.17, 15) is 9.59 Å². The third-order valence-electron chi connectivity index (χ3n) is 3.75. The highest BCUT2D eigenvalue weighted by Gasteiger charge is 2.21. The second-order valence-electron chi connectivity index (χ2n) is 5.59. The van der Waals surface area contributed by atoms with Gasteiger partial charge in [0.05, 0.1) is 18.8 Å². The first-order valence-corrected chi connectivity index (χ1v) is 8.76. The number of hydrogen-bond donors (Lipinski definition) is 1. The highest BCUT2D eigenvalue weighted by molar-refractivity contribution is 5.94. The molecule has 8 nitrogen and oxygen atoms in total. The Labute approximate surface area is 161 Å². The number of aromatic nitrogens is 3. The predicted molar refractivity (Wildman–Crippen MR) is 100 cm³/mol. The van der Waals surface area contributed by atoms with E-state index in [-0.39, 0.29) is 18.1 Å². The fourth-order valence-electron chi connectivity index (χ4n) is 2.51. The smallest absolute Gasteiger partial charge is 0.361 e. The summed E-state index contributed by atoms with van der Waals surface area (Å²) in [6.45, 7) is 4.11. The minimum Gasteiger partial charge on any atom is -0.490 e. The van der Waals surface area contributed by atoms with Crippen molar-refractivity contribution in [2.24, 2.45) is 0 Å². The van der Waals surface area contributed by atoms with Crippen molar-refractivity contribution in [3.05, 3.63) is 59.8 Å². The molecule has 0 aliphatic rings. The Morgan fingerprint density at radius 3 is 2.43 bits per heavy atom. The molecule has 0 atom stereocenters. The molecule has 28 heavy (non-hydrogen) atoms. The van der Waals surface area contributed by atoms with Gasteiger partial charge < -0.3 is 14.2 Å². The number of aromatic amines is 1. The van der Waals surface area contributed by atoms with Gasteiger partial charge in [-0.1, -0.05) is 18.2 Å². The number of H-pyrrole nitrogens is 1. The fraction of sp³-hybridized carbons (Fsp3) is 0.200. The van der Waals surface area contributed by atoms with Crippen molar-refractivity contribution in [3.63, 3.8) is 0 Å². The van der Waals surface area contributed by atoms with Gasteiger partial charge in [0.1, 0.15) is 5.69 Å². The van der Waals surface area contributed by atoms with Crippen LogP contribution >= 0.6 is 0 Å². The van der Waals surface area contributed by atoms with Gasteiger partial charge in [0.15, 0.2) is 17.2 Å². The van der Waals surface area contributed by atoms with Crippen LogP contribution < -0.4 is 9.47 Å². The zero-order valence-corrected chi connectivity index (χ0v) is 15.5. The first-order valence-electron chi connectivity index (χ1n) is 8.76. The van der Waals surface area contributed by atoms with Crippen LogP contribution in [0.1, 0.15) is 34.7 Å². The molecule has 0 spiro atoms. The van der Waals surface area contributed by atoms with E-state index in [0.29, 0.717) is 29.2 Å². The molecular weight excluding hydrogens is 362 g/mol. The number of benzene rings is 2. The van der Waals surface area contributed by atoms with E-state index in [0.717, 1.165) is 0 Å². The highest BCUT2D eigenvalue weighted by atomic mass is 16.6. The minimum absolute atomic E-state index is 0.0679. The quantitative estimate of drug-likeness (QED) is 0.495. The van der Waals surface area contributed by atoms with Crippen LogP contribution in [-0.2, 0) is 4.74 Å². The zero-order valence-electron chi connectivity index (χ0n) is 15.5. The lowest BCUT2D eigenvalue weighted by molar-refractivity contribution is 0.0520. The minimum atomic E-state index is -0.580. The van der Waals surface area contributed by atoms with E-state index in [1.807, 2.05) is 13.0 Å². The van der Waals surface area contributed by atoms with Crippen molar-refractivity contribution in [1.29, 1.82) is 0 Å². The van der Waals surface area contributed by atoms with Crippen molar-refractivity contribution in [2.45, 2.75) is 13.8 Å². The highest BCUT2D eigenvalue weighted by Crippen LogP contribution is 2.33. The molecule has 3 rings (SSSR count). The molecule has 1 heterocycles. The molecule has 0 radical (unpaired) electrons. The Morgan fingerprint density at radius 2 is 1.71 bits per heavy atom. The summed E-state index contributed by atoms with van der Waals surface area (Å²) in [5, 5.41) is 10.3. The van der Waals surface area contributed by atoms with Crippen LogP contribution in [-0.4, -0.2) is 40.6 Å². The van der Waals surface area contributed by atoms with Gasteiger partial charge in [-0.15, -0.1) is 5.10 Å². The molecule has 0 saturated carbocycles. The number of rotatable bonds is 7. The van der Waals surface area contributed by atoms with Gasteiger partial charge in [-0.2, -0.15) is 10.3 Å². The molecule has 1 aromatic heterocycles. The number of ether oxygens (including phenoxy) is 3. The summed E-state index contributed by atoms with van der Waals surface area (Å²) < 4.78 is 16.1. The number of esters is 2. The van der Waals surface area contributed by atoms with E-state index < -0.39 is 11.9 Å². The SMILES string of the molecule is CCOC(=O)c1n[nH]nc1-c1ccc(OC(=O)c2ccccc2)c(OCC)c1. The number of carbonyl (C=O) groups is 2. The van der Waals surface area contributed by atoms with Crippen LogP contribution in [0.5, 0.6) is 11.5 Å². The van der Waals surface area contributed by atoms with Crippen LogP contribution in [0.3, 0.4) is 0 Å². The Balaban J connectivity index is 1.91. The summed E-state index contributed by atoms with van der Waals surface area (Å²) in [7, 11) is 0. The Hall–Kier alpha value is -3.68. The molecule has 0 bridgehead atoms. The van der Waals surface area contributed by atoms with E-state index in [1.165, 1.54) is 0 Å². The zero-order chi connectivity index (χ0) is 19.9.